The van der Waals surface area contributed by atoms with Crippen LogP contribution < -0.4 is 0 Å². The molecule has 0 N–H and O–H groups in total. The molecule has 2 aromatic rings. The molecule has 0 aliphatic carbocycles. The summed E-state index contributed by atoms with van der Waals surface area (Å²) in [5, 5.41) is 0. The Balaban J connectivity index is 2.19. The Morgan fingerprint density at radius 1 is 0.783 bits per heavy atom. The van der Waals surface area contributed by atoms with Crippen molar-refractivity contribution in [2.24, 2.45) is 9.98 Å². The zero-order valence-electron chi connectivity index (χ0n) is 13.2. The molecule has 4 heteroatoms. The zero-order valence-corrected chi connectivity index (χ0v) is 13.2. The van der Waals surface area contributed by atoms with Crippen molar-refractivity contribution < 1.29 is 9.59 Å². The maximum absolute atomic E-state index is 10.3. The van der Waals surface area contributed by atoms with Crippen LogP contribution in [-0.4, -0.2) is 25.0 Å². The highest BCUT2D eigenvalue weighted by molar-refractivity contribution is 6.14. The predicted octanol–water partition coefficient (Wildman–Crippen LogP) is 3.70. The van der Waals surface area contributed by atoms with Crippen LogP contribution in [0.2, 0.25) is 0 Å². The lowest BCUT2D eigenvalue weighted by Crippen LogP contribution is -1.91. The van der Waals surface area contributed by atoms with Crippen LogP contribution in [0.25, 0.3) is 0 Å². The molecule has 0 aromatic heterocycles. The fourth-order valence-electron chi connectivity index (χ4n) is 2.40. The van der Waals surface area contributed by atoms with Crippen molar-refractivity contribution in [3.05, 3.63) is 58.7 Å². The number of aldehydes is 2. The molecular formula is C19H18N2O2. The molecule has 0 aliphatic rings. The van der Waals surface area contributed by atoms with E-state index in [0.717, 1.165) is 28.9 Å². The Hall–Kier alpha value is -2.88. The average molecular weight is 306 g/mol. The summed E-state index contributed by atoms with van der Waals surface area (Å²) in [7, 11) is 0. The summed E-state index contributed by atoms with van der Waals surface area (Å²) in [6.07, 6.45) is 4.65. The van der Waals surface area contributed by atoms with E-state index in [1.807, 2.05) is 38.1 Å². The largest absolute Gasteiger partial charge is 0.297 e. The summed E-state index contributed by atoms with van der Waals surface area (Å²) in [5.41, 5.74) is 6.02. The molecule has 0 fully saturated rings. The topological polar surface area (TPSA) is 58.9 Å². The van der Waals surface area contributed by atoms with E-state index >= 15 is 0 Å². The molecule has 0 atom stereocenters. The number of hydrogen-bond donors (Lipinski definition) is 0. The summed E-state index contributed by atoms with van der Waals surface area (Å²) in [5.74, 6) is 0. The molecule has 0 bridgehead atoms. The van der Waals surface area contributed by atoms with Gasteiger partial charge in [-0.2, -0.15) is 0 Å². The fraction of sp³-hybridized carbons (Fsp3) is 0.158. The zero-order chi connectivity index (χ0) is 16.7. The number of aryl methyl sites for hydroxylation is 2. The van der Waals surface area contributed by atoms with Crippen LogP contribution in [0.4, 0.5) is 11.4 Å². The second-order valence-electron chi connectivity index (χ2n) is 5.25. The highest BCUT2D eigenvalue weighted by Gasteiger charge is 2.03. The Morgan fingerprint density at radius 2 is 1.22 bits per heavy atom. The van der Waals surface area contributed by atoms with E-state index in [-0.39, 0.29) is 0 Å². The van der Waals surface area contributed by atoms with E-state index in [2.05, 4.69) is 22.1 Å². The van der Waals surface area contributed by atoms with Gasteiger partial charge < -0.3 is 0 Å². The molecule has 0 amide bonds. The molecule has 23 heavy (non-hydrogen) atoms. The summed E-state index contributed by atoms with van der Waals surface area (Å²) in [6, 6.07) is 12.0. The molecule has 2 aromatic carbocycles. The Labute approximate surface area is 135 Å². The summed E-state index contributed by atoms with van der Waals surface area (Å²) < 4.78 is 0. The van der Waals surface area contributed by atoms with Gasteiger partial charge in [0.25, 0.3) is 0 Å². The number of carbonyl (C=O) groups is 2. The van der Waals surface area contributed by atoms with E-state index in [0.29, 0.717) is 12.6 Å². The fourth-order valence-corrected chi connectivity index (χ4v) is 2.40. The number of aliphatic imine (C=N–C) groups is 2. The van der Waals surface area contributed by atoms with Gasteiger partial charge >= 0.3 is 0 Å². The maximum atomic E-state index is 10.3. The predicted molar refractivity (Wildman–Crippen MR) is 93.6 cm³/mol. The van der Waals surface area contributed by atoms with Crippen molar-refractivity contribution in [2.45, 2.75) is 20.3 Å². The van der Waals surface area contributed by atoms with Crippen molar-refractivity contribution >= 4 is 36.4 Å². The third-order valence-corrected chi connectivity index (χ3v) is 3.48. The van der Waals surface area contributed by atoms with Gasteiger partial charge in [-0.05, 0) is 54.7 Å². The molecule has 0 saturated heterocycles. The first-order chi connectivity index (χ1) is 11.1. The minimum atomic E-state index is 0.671. The number of hydrogen-bond acceptors (Lipinski definition) is 4. The number of benzene rings is 2. The smallest absolute Gasteiger partial charge is 0.161 e. The van der Waals surface area contributed by atoms with Crippen molar-refractivity contribution in [3.8, 4) is 0 Å². The Morgan fingerprint density at radius 3 is 1.57 bits per heavy atom. The first-order valence-electron chi connectivity index (χ1n) is 7.28. The van der Waals surface area contributed by atoms with E-state index in [9.17, 15) is 9.59 Å². The molecule has 2 rings (SSSR count). The van der Waals surface area contributed by atoms with Gasteiger partial charge in [0, 0.05) is 0 Å². The maximum Gasteiger partial charge on any atom is 0.161 e. The monoisotopic (exact) mass is 306 g/mol. The van der Waals surface area contributed by atoms with Gasteiger partial charge in [-0.1, -0.05) is 24.3 Å². The first-order valence-corrected chi connectivity index (χ1v) is 7.28. The lowest BCUT2D eigenvalue weighted by atomic mass is 10.0. The van der Waals surface area contributed by atoms with Gasteiger partial charge in [0.15, 0.2) is 12.6 Å². The van der Waals surface area contributed by atoms with Crippen LogP contribution in [0.1, 0.15) is 22.3 Å². The van der Waals surface area contributed by atoms with Crippen molar-refractivity contribution in [1.29, 1.82) is 0 Å². The van der Waals surface area contributed by atoms with Crippen molar-refractivity contribution in [3.63, 3.8) is 0 Å². The van der Waals surface area contributed by atoms with Gasteiger partial charge in [-0.3, -0.25) is 19.6 Å². The van der Waals surface area contributed by atoms with Crippen LogP contribution in [-0.2, 0) is 16.0 Å². The van der Waals surface area contributed by atoms with Crippen LogP contribution in [0.5, 0.6) is 0 Å². The molecule has 0 saturated carbocycles. The van der Waals surface area contributed by atoms with E-state index in [1.165, 1.54) is 23.6 Å². The average Bonchev–Trinajstić information content (AvgIpc) is 2.53. The second kappa shape index (κ2) is 7.94. The van der Waals surface area contributed by atoms with Crippen LogP contribution in [0.3, 0.4) is 0 Å². The number of nitrogens with zero attached hydrogens (tertiary/aromatic N) is 2. The minimum absolute atomic E-state index is 0.671. The minimum Gasteiger partial charge on any atom is -0.297 e. The van der Waals surface area contributed by atoms with Crippen LogP contribution >= 0.6 is 0 Å². The molecule has 0 unspecified atom stereocenters. The van der Waals surface area contributed by atoms with Crippen LogP contribution in [0.15, 0.2) is 46.4 Å². The SMILES string of the molecule is Cc1cc(Cc2ccc(N=CC=O)c(C)c2)ccc1N=CC=O. The normalized spacial score (nSPS) is 11.2. The summed E-state index contributed by atoms with van der Waals surface area (Å²) >= 11 is 0. The molecule has 0 radical (unpaired) electrons. The third-order valence-electron chi connectivity index (χ3n) is 3.48. The number of carbonyl (C=O) groups excluding carboxylic acids is 2. The van der Waals surface area contributed by atoms with Gasteiger partial charge in [-0.15, -0.1) is 0 Å². The second-order valence-corrected chi connectivity index (χ2v) is 5.25. The summed E-state index contributed by atoms with van der Waals surface area (Å²) in [4.78, 5) is 28.9. The Kier molecular flexibility index (Phi) is 5.69. The number of rotatable bonds is 6. The van der Waals surface area contributed by atoms with Gasteiger partial charge in [-0.25, -0.2) is 0 Å². The lowest BCUT2D eigenvalue weighted by Gasteiger charge is -2.07. The standard InChI is InChI=1S/C19H18N2O2/c1-14-11-16(3-5-18(14)20-7-9-22)13-17-4-6-19(15(2)12-17)21-8-10-23/h3-12H,13H2,1-2H3. The molecule has 4 nitrogen and oxygen atoms in total. The van der Waals surface area contributed by atoms with Gasteiger partial charge in [0.2, 0.25) is 0 Å². The van der Waals surface area contributed by atoms with Crippen molar-refractivity contribution in [2.75, 3.05) is 0 Å². The lowest BCUT2D eigenvalue weighted by molar-refractivity contribution is -0.103. The van der Waals surface area contributed by atoms with E-state index in [4.69, 9.17) is 0 Å². The molecule has 0 heterocycles. The highest BCUT2D eigenvalue weighted by atomic mass is 16.1. The van der Waals surface area contributed by atoms with Gasteiger partial charge in [0.05, 0.1) is 23.8 Å². The highest BCUT2D eigenvalue weighted by Crippen LogP contribution is 2.24. The van der Waals surface area contributed by atoms with E-state index in [1.54, 1.807) is 0 Å². The van der Waals surface area contributed by atoms with Crippen LogP contribution in [0, 0.1) is 13.8 Å². The van der Waals surface area contributed by atoms with Crippen molar-refractivity contribution in [1.82, 2.24) is 0 Å². The quantitative estimate of drug-likeness (QED) is 0.603. The third kappa shape index (κ3) is 4.54. The molecule has 116 valence electrons. The first kappa shape index (κ1) is 16.5. The molecule has 0 spiro atoms. The van der Waals surface area contributed by atoms with Gasteiger partial charge in [0.1, 0.15) is 0 Å². The van der Waals surface area contributed by atoms with E-state index < -0.39 is 0 Å². The Bertz CT molecular complexity index is 711. The molecular weight excluding hydrogens is 288 g/mol. The summed E-state index contributed by atoms with van der Waals surface area (Å²) in [6.45, 7) is 3.95. The molecule has 0 aliphatic heterocycles.